The van der Waals surface area contributed by atoms with Gasteiger partial charge in [0.15, 0.2) is 0 Å². The molecule has 0 saturated carbocycles. The molecule has 0 unspecified atom stereocenters. The highest BCUT2D eigenvalue weighted by Gasteiger charge is 2.35. The van der Waals surface area contributed by atoms with Gasteiger partial charge in [0, 0.05) is 11.1 Å². The van der Waals surface area contributed by atoms with E-state index in [-0.39, 0.29) is 18.0 Å². The van der Waals surface area contributed by atoms with Gasteiger partial charge in [0.1, 0.15) is 36.2 Å². The molecular weight excluding hydrogens is 444 g/mol. The SMILES string of the molecule is O=C(CN1C(=O)N/C(=C/c2ccccc2OCc2ccccc2F)C1=O)Nc1ccccc1F. The van der Waals surface area contributed by atoms with Crippen LogP contribution in [-0.4, -0.2) is 29.3 Å². The lowest BCUT2D eigenvalue weighted by atomic mass is 10.1. The number of nitrogens with zero attached hydrogens (tertiary/aromatic N) is 1. The van der Waals surface area contributed by atoms with Crippen LogP contribution in [0, 0.1) is 11.6 Å². The number of benzene rings is 3. The summed E-state index contributed by atoms with van der Waals surface area (Å²) in [7, 11) is 0. The van der Waals surface area contributed by atoms with Crippen LogP contribution >= 0.6 is 0 Å². The van der Waals surface area contributed by atoms with Crippen LogP contribution in [0.1, 0.15) is 11.1 Å². The van der Waals surface area contributed by atoms with Gasteiger partial charge < -0.3 is 15.4 Å². The number of imide groups is 1. The van der Waals surface area contributed by atoms with Crippen molar-refractivity contribution >= 4 is 29.6 Å². The molecule has 3 aromatic carbocycles. The van der Waals surface area contributed by atoms with E-state index in [4.69, 9.17) is 4.74 Å². The zero-order chi connectivity index (χ0) is 24.1. The van der Waals surface area contributed by atoms with E-state index in [9.17, 15) is 23.2 Å². The number of hydrogen-bond acceptors (Lipinski definition) is 4. The average Bonchev–Trinajstić information content (AvgIpc) is 3.08. The zero-order valence-electron chi connectivity index (χ0n) is 17.8. The lowest BCUT2D eigenvalue weighted by Crippen LogP contribution is -2.38. The molecule has 0 spiro atoms. The van der Waals surface area contributed by atoms with Gasteiger partial charge in [-0.25, -0.2) is 18.5 Å². The van der Waals surface area contributed by atoms with Crippen molar-refractivity contribution in [2.24, 2.45) is 0 Å². The zero-order valence-corrected chi connectivity index (χ0v) is 17.8. The van der Waals surface area contributed by atoms with Crippen molar-refractivity contribution < 1.29 is 27.9 Å². The van der Waals surface area contributed by atoms with Crippen molar-refractivity contribution in [3.63, 3.8) is 0 Å². The van der Waals surface area contributed by atoms with Crippen molar-refractivity contribution in [3.8, 4) is 5.75 Å². The summed E-state index contributed by atoms with van der Waals surface area (Å²) in [5, 5.41) is 4.75. The van der Waals surface area contributed by atoms with Crippen molar-refractivity contribution in [3.05, 3.63) is 101 Å². The molecule has 1 fully saturated rings. The molecule has 0 aliphatic carbocycles. The Balaban J connectivity index is 1.46. The molecule has 1 saturated heterocycles. The molecular formula is C25H19F2N3O4. The second-order valence-corrected chi connectivity index (χ2v) is 7.33. The third-order valence-electron chi connectivity index (χ3n) is 4.97. The monoisotopic (exact) mass is 463 g/mol. The Kier molecular flexibility index (Phi) is 6.63. The van der Waals surface area contributed by atoms with Crippen molar-refractivity contribution in [2.75, 3.05) is 11.9 Å². The number of urea groups is 1. The van der Waals surface area contributed by atoms with Crippen molar-refractivity contribution in [1.82, 2.24) is 10.2 Å². The summed E-state index contributed by atoms with van der Waals surface area (Å²) in [6.45, 7) is -0.628. The van der Waals surface area contributed by atoms with Crippen LogP contribution in [0.2, 0.25) is 0 Å². The van der Waals surface area contributed by atoms with Crippen LogP contribution in [0.5, 0.6) is 5.75 Å². The Labute approximate surface area is 193 Å². The summed E-state index contributed by atoms with van der Waals surface area (Å²) in [4.78, 5) is 38.0. The quantitative estimate of drug-likeness (QED) is 0.408. The van der Waals surface area contributed by atoms with Gasteiger partial charge in [-0.3, -0.25) is 9.59 Å². The molecule has 4 amide bonds. The highest BCUT2D eigenvalue weighted by atomic mass is 19.1. The smallest absolute Gasteiger partial charge is 0.329 e. The number of carbonyl (C=O) groups is 3. The molecule has 3 aromatic rings. The van der Waals surface area contributed by atoms with E-state index in [1.807, 2.05) is 0 Å². The normalized spacial score (nSPS) is 14.3. The third kappa shape index (κ3) is 5.09. The fourth-order valence-corrected chi connectivity index (χ4v) is 3.27. The highest BCUT2D eigenvalue weighted by Crippen LogP contribution is 2.24. The fourth-order valence-electron chi connectivity index (χ4n) is 3.27. The van der Waals surface area contributed by atoms with Crippen LogP contribution in [0.3, 0.4) is 0 Å². The lowest BCUT2D eigenvalue weighted by molar-refractivity contribution is -0.127. The number of anilines is 1. The van der Waals surface area contributed by atoms with Gasteiger partial charge in [-0.2, -0.15) is 0 Å². The van der Waals surface area contributed by atoms with E-state index in [1.54, 1.807) is 48.5 Å². The molecule has 0 atom stereocenters. The largest absolute Gasteiger partial charge is 0.488 e. The first kappa shape index (κ1) is 22.7. The minimum absolute atomic E-state index is 0.0322. The number of halogens is 2. The first-order chi connectivity index (χ1) is 16.4. The molecule has 4 rings (SSSR count). The average molecular weight is 463 g/mol. The summed E-state index contributed by atoms with van der Waals surface area (Å²) >= 11 is 0. The van der Waals surface area contributed by atoms with Crippen LogP contribution in [-0.2, 0) is 16.2 Å². The maximum atomic E-state index is 13.9. The molecule has 0 bridgehead atoms. The van der Waals surface area contributed by atoms with E-state index in [0.717, 1.165) is 0 Å². The van der Waals surface area contributed by atoms with Gasteiger partial charge in [0.05, 0.1) is 5.69 Å². The van der Waals surface area contributed by atoms with Gasteiger partial charge >= 0.3 is 6.03 Å². The third-order valence-corrected chi connectivity index (χ3v) is 4.97. The van der Waals surface area contributed by atoms with Crippen LogP contribution in [0.25, 0.3) is 6.08 Å². The molecule has 34 heavy (non-hydrogen) atoms. The first-order valence-electron chi connectivity index (χ1n) is 10.3. The number of ether oxygens (including phenoxy) is 1. The summed E-state index contributed by atoms with van der Waals surface area (Å²) in [6.07, 6.45) is 1.41. The molecule has 1 aliphatic heterocycles. The number of nitrogens with one attached hydrogen (secondary N) is 2. The molecule has 172 valence electrons. The molecule has 0 radical (unpaired) electrons. The standard InChI is InChI=1S/C25H19F2N3O4/c26-18-9-3-1-8-17(18)15-34-22-12-6-2-7-16(22)13-21-24(32)30(25(33)29-21)14-23(31)28-20-11-5-4-10-19(20)27/h1-13H,14-15H2,(H,28,31)(H,29,33)/b21-13+. The van der Waals surface area contributed by atoms with Gasteiger partial charge in [-0.05, 0) is 30.3 Å². The molecule has 0 aromatic heterocycles. The topological polar surface area (TPSA) is 87.7 Å². The summed E-state index contributed by atoms with van der Waals surface area (Å²) in [5.41, 5.74) is 0.712. The molecule has 1 heterocycles. The Hall–Kier alpha value is -4.53. The van der Waals surface area contributed by atoms with Crippen molar-refractivity contribution in [2.45, 2.75) is 6.61 Å². The van der Waals surface area contributed by atoms with Crippen molar-refractivity contribution in [1.29, 1.82) is 0 Å². The number of para-hydroxylation sites is 2. The lowest BCUT2D eigenvalue weighted by Gasteiger charge is -2.12. The second-order valence-electron chi connectivity index (χ2n) is 7.33. The first-order valence-corrected chi connectivity index (χ1v) is 10.3. The van der Waals surface area contributed by atoms with Gasteiger partial charge in [0.2, 0.25) is 5.91 Å². The number of carbonyl (C=O) groups excluding carboxylic acids is 3. The number of amides is 4. The number of rotatable bonds is 7. The Morgan fingerprint density at radius 2 is 1.62 bits per heavy atom. The summed E-state index contributed by atoms with van der Waals surface area (Å²) in [5.74, 6) is -2.13. The minimum Gasteiger partial charge on any atom is -0.488 e. The summed E-state index contributed by atoms with van der Waals surface area (Å²) < 4.78 is 33.3. The highest BCUT2D eigenvalue weighted by molar-refractivity contribution is 6.16. The van der Waals surface area contributed by atoms with E-state index in [2.05, 4.69) is 10.6 Å². The molecule has 9 heteroatoms. The predicted molar refractivity (Wildman–Crippen MR) is 120 cm³/mol. The predicted octanol–water partition coefficient (Wildman–Crippen LogP) is 4.08. The Morgan fingerprint density at radius 1 is 0.941 bits per heavy atom. The Bertz CT molecular complexity index is 1290. The van der Waals surface area contributed by atoms with Gasteiger partial charge in [0.25, 0.3) is 5.91 Å². The van der Waals surface area contributed by atoms with Gasteiger partial charge in [-0.15, -0.1) is 0 Å². The molecule has 2 N–H and O–H groups in total. The second kappa shape index (κ2) is 9.95. The van der Waals surface area contributed by atoms with Crippen LogP contribution in [0.15, 0.2) is 78.5 Å². The molecule has 1 aliphatic rings. The fraction of sp³-hybridized carbons (Fsp3) is 0.0800. The Morgan fingerprint density at radius 3 is 2.38 bits per heavy atom. The van der Waals surface area contributed by atoms with E-state index < -0.39 is 36.0 Å². The van der Waals surface area contributed by atoms with Crippen LogP contribution in [0.4, 0.5) is 19.3 Å². The summed E-state index contributed by atoms with van der Waals surface area (Å²) in [6, 6.07) is 17.7. The maximum Gasteiger partial charge on any atom is 0.329 e. The van der Waals surface area contributed by atoms with Gasteiger partial charge in [-0.1, -0.05) is 48.5 Å². The number of hydrogen-bond donors (Lipinski definition) is 2. The van der Waals surface area contributed by atoms with E-state index in [1.165, 1.54) is 30.3 Å². The van der Waals surface area contributed by atoms with E-state index in [0.29, 0.717) is 21.8 Å². The minimum atomic E-state index is -0.787. The maximum absolute atomic E-state index is 13.9. The van der Waals surface area contributed by atoms with E-state index >= 15 is 0 Å². The van der Waals surface area contributed by atoms with Crippen LogP contribution < -0.4 is 15.4 Å². The molecule has 7 nitrogen and oxygen atoms in total.